The number of nitrogens with two attached hydrogens (primary N) is 1. The van der Waals surface area contributed by atoms with Crippen molar-refractivity contribution in [3.05, 3.63) is 11.1 Å². The minimum absolute atomic E-state index is 0.0350. The van der Waals surface area contributed by atoms with Gasteiger partial charge in [0.15, 0.2) is 5.13 Å². The number of rotatable bonds is 5. The van der Waals surface area contributed by atoms with Crippen LogP contribution in [0.5, 0.6) is 0 Å². The van der Waals surface area contributed by atoms with Gasteiger partial charge in [-0.15, -0.1) is 11.3 Å². The van der Waals surface area contributed by atoms with Crippen molar-refractivity contribution in [2.24, 2.45) is 11.7 Å². The molecular formula is C11H21N3S. The SMILES string of the molecule is CCN(CC(C)C)c1nc(C(C)N)cs1. The van der Waals surface area contributed by atoms with Crippen molar-refractivity contribution in [3.8, 4) is 0 Å². The van der Waals surface area contributed by atoms with Crippen LogP contribution < -0.4 is 10.6 Å². The van der Waals surface area contributed by atoms with E-state index in [0.717, 1.165) is 23.9 Å². The van der Waals surface area contributed by atoms with Crippen LogP contribution >= 0.6 is 11.3 Å². The van der Waals surface area contributed by atoms with E-state index in [4.69, 9.17) is 5.73 Å². The van der Waals surface area contributed by atoms with E-state index in [-0.39, 0.29) is 6.04 Å². The van der Waals surface area contributed by atoms with E-state index in [1.807, 2.05) is 6.92 Å². The first-order chi connectivity index (χ1) is 7.04. The van der Waals surface area contributed by atoms with Gasteiger partial charge in [-0.2, -0.15) is 0 Å². The normalized spacial score (nSPS) is 13.2. The molecule has 1 atom stereocenters. The zero-order valence-electron chi connectivity index (χ0n) is 10.0. The molecule has 0 aliphatic rings. The fourth-order valence-corrected chi connectivity index (χ4v) is 2.42. The van der Waals surface area contributed by atoms with Gasteiger partial charge in [-0.3, -0.25) is 0 Å². The predicted molar refractivity (Wildman–Crippen MR) is 67.4 cm³/mol. The van der Waals surface area contributed by atoms with E-state index in [1.54, 1.807) is 11.3 Å². The van der Waals surface area contributed by atoms with Gasteiger partial charge in [0, 0.05) is 24.5 Å². The summed E-state index contributed by atoms with van der Waals surface area (Å²) in [6.45, 7) is 10.6. The van der Waals surface area contributed by atoms with Crippen LogP contribution in [-0.2, 0) is 0 Å². The summed E-state index contributed by atoms with van der Waals surface area (Å²) in [6.07, 6.45) is 0. The fourth-order valence-electron chi connectivity index (χ4n) is 1.41. The van der Waals surface area contributed by atoms with E-state index in [1.165, 1.54) is 0 Å². The number of hydrogen-bond donors (Lipinski definition) is 1. The average Bonchev–Trinajstić information content (AvgIpc) is 2.62. The molecule has 3 nitrogen and oxygen atoms in total. The Balaban J connectivity index is 2.74. The number of aromatic nitrogens is 1. The molecule has 0 aromatic carbocycles. The van der Waals surface area contributed by atoms with Gasteiger partial charge in [0.25, 0.3) is 0 Å². The smallest absolute Gasteiger partial charge is 0.185 e. The molecule has 15 heavy (non-hydrogen) atoms. The third-order valence-corrected chi connectivity index (χ3v) is 3.13. The first-order valence-electron chi connectivity index (χ1n) is 5.50. The molecule has 1 heterocycles. The van der Waals surface area contributed by atoms with Crippen molar-refractivity contribution in [2.45, 2.75) is 33.7 Å². The van der Waals surface area contributed by atoms with Crippen LogP contribution in [0.25, 0.3) is 0 Å². The van der Waals surface area contributed by atoms with Gasteiger partial charge in [-0.05, 0) is 19.8 Å². The maximum absolute atomic E-state index is 5.80. The summed E-state index contributed by atoms with van der Waals surface area (Å²) in [5.74, 6) is 0.660. The molecule has 4 heteroatoms. The van der Waals surface area contributed by atoms with E-state index in [2.05, 4.69) is 36.0 Å². The van der Waals surface area contributed by atoms with Crippen LogP contribution in [0.3, 0.4) is 0 Å². The minimum atomic E-state index is 0.0350. The van der Waals surface area contributed by atoms with Crippen molar-refractivity contribution < 1.29 is 0 Å². The van der Waals surface area contributed by atoms with Crippen molar-refractivity contribution in [1.29, 1.82) is 0 Å². The second-order valence-electron chi connectivity index (χ2n) is 4.28. The Morgan fingerprint density at radius 2 is 2.13 bits per heavy atom. The quantitative estimate of drug-likeness (QED) is 0.841. The van der Waals surface area contributed by atoms with Crippen molar-refractivity contribution in [2.75, 3.05) is 18.0 Å². The Bertz CT molecular complexity index is 294. The lowest BCUT2D eigenvalue weighted by molar-refractivity contribution is 0.616. The van der Waals surface area contributed by atoms with E-state index in [0.29, 0.717) is 5.92 Å². The maximum Gasteiger partial charge on any atom is 0.185 e. The second-order valence-corrected chi connectivity index (χ2v) is 5.11. The highest BCUT2D eigenvalue weighted by Crippen LogP contribution is 2.23. The van der Waals surface area contributed by atoms with Crippen LogP contribution in [0, 0.1) is 5.92 Å². The van der Waals surface area contributed by atoms with E-state index in [9.17, 15) is 0 Å². The second kappa shape index (κ2) is 5.47. The molecule has 0 bridgehead atoms. The highest BCUT2D eigenvalue weighted by molar-refractivity contribution is 7.13. The first-order valence-corrected chi connectivity index (χ1v) is 6.38. The molecule has 1 aromatic heterocycles. The zero-order chi connectivity index (χ0) is 11.4. The number of hydrogen-bond acceptors (Lipinski definition) is 4. The molecule has 0 saturated carbocycles. The lowest BCUT2D eigenvalue weighted by atomic mass is 10.2. The summed E-state index contributed by atoms with van der Waals surface area (Å²) in [6, 6.07) is 0.0350. The molecule has 2 N–H and O–H groups in total. The molecule has 0 aliphatic carbocycles. The molecule has 0 amide bonds. The van der Waals surface area contributed by atoms with Gasteiger partial charge in [0.1, 0.15) is 0 Å². The van der Waals surface area contributed by atoms with Crippen LogP contribution in [0.1, 0.15) is 39.4 Å². The van der Waals surface area contributed by atoms with Gasteiger partial charge < -0.3 is 10.6 Å². The Morgan fingerprint density at radius 3 is 2.53 bits per heavy atom. The summed E-state index contributed by atoms with van der Waals surface area (Å²) in [7, 11) is 0. The van der Waals surface area contributed by atoms with Crippen LogP contribution in [-0.4, -0.2) is 18.1 Å². The third kappa shape index (κ3) is 3.47. The monoisotopic (exact) mass is 227 g/mol. The van der Waals surface area contributed by atoms with Gasteiger partial charge in [0.2, 0.25) is 0 Å². The summed E-state index contributed by atoms with van der Waals surface area (Å²) in [4.78, 5) is 6.86. The van der Waals surface area contributed by atoms with Gasteiger partial charge in [0.05, 0.1) is 5.69 Å². The zero-order valence-corrected chi connectivity index (χ0v) is 10.8. The average molecular weight is 227 g/mol. The highest BCUT2D eigenvalue weighted by atomic mass is 32.1. The largest absolute Gasteiger partial charge is 0.348 e. The van der Waals surface area contributed by atoms with Gasteiger partial charge in [-0.25, -0.2) is 4.98 Å². The Hall–Kier alpha value is -0.610. The Morgan fingerprint density at radius 1 is 1.47 bits per heavy atom. The summed E-state index contributed by atoms with van der Waals surface area (Å²) in [5.41, 5.74) is 6.79. The molecule has 0 aliphatic heterocycles. The van der Waals surface area contributed by atoms with Crippen molar-refractivity contribution in [3.63, 3.8) is 0 Å². The van der Waals surface area contributed by atoms with Gasteiger partial charge in [-0.1, -0.05) is 13.8 Å². The molecule has 0 spiro atoms. The molecule has 0 fully saturated rings. The third-order valence-electron chi connectivity index (χ3n) is 2.21. The molecule has 0 saturated heterocycles. The topological polar surface area (TPSA) is 42.2 Å². The molecular weight excluding hydrogens is 206 g/mol. The summed E-state index contributed by atoms with van der Waals surface area (Å²) >= 11 is 1.69. The first kappa shape index (κ1) is 12.5. The number of nitrogens with zero attached hydrogens (tertiary/aromatic N) is 2. The molecule has 1 unspecified atom stereocenters. The maximum atomic E-state index is 5.80. The lowest BCUT2D eigenvalue weighted by Crippen LogP contribution is -2.27. The fraction of sp³-hybridized carbons (Fsp3) is 0.727. The summed E-state index contributed by atoms with van der Waals surface area (Å²) < 4.78 is 0. The minimum Gasteiger partial charge on any atom is -0.348 e. The lowest BCUT2D eigenvalue weighted by Gasteiger charge is -2.21. The van der Waals surface area contributed by atoms with Gasteiger partial charge >= 0.3 is 0 Å². The van der Waals surface area contributed by atoms with Crippen molar-refractivity contribution in [1.82, 2.24) is 4.98 Å². The molecule has 1 aromatic rings. The standard InChI is InChI=1S/C11H21N3S/c1-5-14(6-8(2)3)11-13-10(7-15-11)9(4)12/h7-9H,5-6,12H2,1-4H3. The summed E-state index contributed by atoms with van der Waals surface area (Å²) in [5, 5.41) is 3.15. The van der Waals surface area contributed by atoms with Crippen molar-refractivity contribution >= 4 is 16.5 Å². The van der Waals surface area contributed by atoms with E-state index >= 15 is 0 Å². The van der Waals surface area contributed by atoms with Crippen LogP contribution in [0.2, 0.25) is 0 Å². The molecule has 0 radical (unpaired) electrons. The van der Waals surface area contributed by atoms with Crippen LogP contribution in [0.15, 0.2) is 5.38 Å². The number of thiazole rings is 1. The van der Waals surface area contributed by atoms with Crippen LogP contribution in [0.4, 0.5) is 5.13 Å². The predicted octanol–water partition coefficient (Wildman–Crippen LogP) is 2.65. The molecule has 86 valence electrons. The Kier molecular flexibility index (Phi) is 4.54. The highest BCUT2D eigenvalue weighted by Gasteiger charge is 2.12. The van der Waals surface area contributed by atoms with E-state index < -0.39 is 0 Å². The molecule has 1 rings (SSSR count). The number of anilines is 1. The Labute approximate surface area is 96.3 Å².